The Morgan fingerprint density at radius 2 is 2.06 bits per heavy atom. The van der Waals surface area contributed by atoms with Gasteiger partial charge < -0.3 is 10.1 Å². The first-order valence-corrected chi connectivity index (χ1v) is 7.04. The van der Waals surface area contributed by atoms with Crippen LogP contribution in [0.3, 0.4) is 0 Å². The predicted octanol–water partition coefficient (Wildman–Crippen LogP) is 3.71. The molecule has 18 heavy (non-hydrogen) atoms. The molecule has 3 nitrogen and oxygen atoms in total. The van der Waals surface area contributed by atoms with E-state index in [4.69, 9.17) is 4.74 Å². The summed E-state index contributed by atoms with van der Waals surface area (Å²) >= 11 is 0. The number of unbranched alkanes of at least 4 members (excludes halogenated alkanes) is 2. The van der Waals surface area contributed by atoms with E-state index in [1.807, 2.05) is 6.20 Å². The van der Waals surface area contributed by atoms with E-state index in [0.717, 1.165) is 18.7 Å². The Balaban J connectivity index is 2.66. The van der Waals surface area contributed by atoms with Crippen LogP contribution < -0.4 is 10.1 Å². The minimum atomic E-state index is 0.402. The van der Waals surface area contributed by atoms with Crippen LogP contribution in [-0.2, 0) is 0 Å². The molecule has 1 heterocycles. The summed E-state index contributed by atoms with van der Waals surface area (Å²) in [6, 6.07) is 2.49. The van der Waals surface area contributed by atoms with Gasteiger partial charge in [-0.1, -0.05) is 33.1 Å². The van der Waals surface area contributed by atoms with Crippen molar-refractivity contribution in [2.24, 2.45) is 0 Å². The lowest BCUT2D eigenvalue weighted by Gasteiger charge is -2.19. The van der Waals surface area contributed by atoms with Crippen molar-refractivity contribution in [3.05, 3.63) is 24.0 Å². The van der Waals surface area contributed by atoms with E-state index < -0.39 is 0 Å². The molecule has 0 saturated carbocycles. The molecule has 3 heteroatoms. The van der Waals surface area contributed by atoms with E-state index in [9.17, 15) is 0 Å². The van der Waals surface area contributed by atoms with Crippen molar-refractivity contribution >= 4 is 0 Å². The monoisotopic (exact) mass is 250 g/mol. The number of nitrogens with zero attached hydrogens (tertiary/aromatic N) is 1. The number of hydrogen-bond acceptors (Lipinski definition) is 3. The summed E-state index contributed by atoms with van der Waals surface area (Å²) < 4.78 is 5.24. The number of methoxy groups -OCH3 is 1. The molecule has 0 saturated heterocycles. The maximum atomic E-state index is 5.24. The highest BCUT2D eigenvalue weighted by molar-refractivity contribution is 5.25. The van der Waals surface area contributed by atoms with Gasteiger partial charge in [-0.2, -0.15) is 0 Å². The van der Waals surface area contributed by atoms with Gasteiger partial charge in [0.1, 0.15) is 5.75 Å². The van der Waals surface area contributed by atoms with Crippen LogP contribution in [0.15, 0.2) is 18.5 Å². The number of hydrogen-bond donors (Lipinski definition) is 1. The molecule has 0 fully saturated rings. The van der Waals surface area contributed by atoms with E-state index in [-0.39, 0.29) is 0 Å². The third-order valence-corrected chi connectivity index (χ3v) is 3.11. The molecule has 0 amide bonds. The van der Waals surface area contributed by atoms with E-state index >= 15 is 0 Å². The fourth-order valence-corrected chi connectivity index (χ4v) is 2.04. The van der Waals surface area contributed by atoms with Crippen molar-refractivity contribution in [1.29, 1.82) is 0 Å². The quantitative estimate of drug-likeness (QED) is 0.678. The van der Waals surface area contributed by atoms with E-state index in [2.05, 4.69) is 30.2 Å². The van der Waals surface area contributed by atoms with Gasteiger partial charge in [0, 0.05) is 12.2 Å². The zero-order valence-corrected chi connectivity index (χ0v) is 11.9. The molecule has 1 rings (SSSR count). The molecule has 1 atom stereocenters. The van der Waals surface area contributed by atoms with Gasteiger partial charge in [-0.3, -0.25) is 4.98 Å². The Morgan fingerprint density at radius 1 is 1.22 bits per heavy atom. The second-order valence-electron chi connectivity index (χ2n) is 4.66. The van der Waals surface area contributed by atoms with Gasteiger partial charge in [0.25, 0.3) is 0 Å². The van der Waals surface area contributed by atoms with Crippen LogP contribution in [0.5, 0.6) is 5.75 Å². The molecule has 0 bridgehead atoms. The Labute approximate surface area is 111 Å². The van der Waals surface area contributed by atoms with E-state index in [1.165, 1.54) is 31.2 Å². The smallest absolute Gasteiger partial charge is 0.137 e. The fraction of sp³-hybridized carbons (Fsp3) is 0.667. The molecule has 0 aliphatic heterocycles. The van der Waals surface area contributed by atoms with Gasteiger partial charge >= 0.3 is 0 Å². The van der Waals surface area contributed by atoms with Crippen molar-refractivity contribution in [2.75, 3.05) is 13.7 Å². The molecule has 0 aromatic carbocycles. The largest absolute Gasteiger partial charge is 0.495 e. The topological polar surface area (TPSA) is 34.2 Å². The van der Waals surface area contributed by atoms with Crippen LogP contribution in [0.4, 0.5) is 0 Å². The van der Waals surface area contributed by atoms with E-state index in [0.29, 0.717) is 6.04 Å². The third-order valence-electron chi connectivity index (χ3n) is 3.11. The van der Waals surface area contributed by atoms with Gasteiger partial charge in [0.05, 0.1) is 13.3 Å². The number of aromatic nitrogens is 1. The highest BCUT2D eigenvalue weighted by atomic mass is 16.5. The number of rotatable bonds is 9. The summed E-state index contributed by atoms with van der Waals surface area (Å²) in [6.45, 7) is 5.48. The first kappa shape index (κ1) is 15.0. The van der Waals surface area contributed by atoms with Crippen molar-refractivity contribution < 1.29 is 4.74 Å². The summed E-state index contributed by atoms with van der Waals surface area (Å²) in [6.07, 6.45) is 9.84. The van der Waals surface area contributed by atoms with Crippen LogP contribution in [0, 0.1) is 0 Å². The summed E-state index contributed by atoms with van der Waals surface area (Å²) in [4.78, 5) is 4.25. The second kappa shape index (κ2) is 8.92. The molecule has 1 aromatic heterocycles. The fourth-order valence-electron chi connectivity index (χ4n) is 2.04. The highest BCUT2D eigenvalue weighted by Gasteiger charge is 2.11. The number of ether oxygens (including phenoxy) is 1. The third kappa shape index (κ3) is 5.05. The van der Waals surface area contributed by atoms with Gasteiger partial charge in [0.15, 0.2) is 0 Å². The Hall–Kier alpha value is -1.09. The molecular formula is C15H26N2O. The summed E-state index contributed by atoms with van der Waals surface area (Å²) in [5.41, 5.74) is 1.24. The lowest BCUT2D eigenvalue weighted by molar-refractivity contribution is 0.409. The zero-order valence-electron chi connectivity index (χ0n) is 11.9. The average molecular weight is 250 g/mol. The minimum Gasteiger partial charge on any atom is -0.495 e. The maximum Gasteiger partial charge on any atom is 0.137 e. The maximum absolute atomic E-state index is 5.24. The summed E-state index contributed by atoms with van der Waals surface area (Å²) in [5.74, 6) is 0.839. The van der Waals surface area contributed by atoms with Crippen LogP contribution >= 0.6 is 0 Å². The van der Waals surface area contributed by atoms with Crippen molar-refractivity contribution in [1.82, 2.24) is 10.3 Å². The zero-order chi connectivity index (χ0) is 13.2. The molecule has 1 unspecified atom stereocenters. The van der Waals surface area contributed by atoms with Crippen LogP contribution in [-0.4, -0.2) is 18.6 Å². The molecule has 0 aliphatic rings. The van der Waals surface area contributed by atoms with Gasteiger partial charge in [-0.25, -0.2) is 0 Å². The van der Waals surface area contributed by atoms with E-state index in [1.54, 1.807) is 13.3 Å². The first-order valence-electron chi connectivity index (χ1n) is 7.04. The SMILES string of the molecule is CCCCCC(NCCC)c1cncc(OC)c1. The lowest BCUT2D eigenvalue weighted by atomic mass is 10.0. The van der Waals surface area contributed by atoms with Gasteiger partial charge in [-0.05, 0) is 31.0 Å². The average Bonchev–Trinajstić information content (AvgIpc) is 2.42. The molecule has 0 aliphatic carbocycles. The predicted molar refractivity (Wildman–Crippen MR) is 76.0 cm³/mol. The Morgan fingerprint density at radius 3 is 2.72 bits per heavy atom. The summed E-state index contributed by atoms with van der Waals surface area (Å²) in [5, 5.41) is 3.60. The van der Waals surface area contributed by atoms with Crippen molar-refractivity contribution in [2.45, 2.75) is 52.0 Å². The van der Waals surface area contributed by atoms with Gasteiger partial charge in [-0.15, -0.1) is 0 Å². The normalized spacial score (nSPS) is 12.4. The molecule has 1 N–H and O–H groups in total. The minimum absolute atomic E-state index is 0.402. The highest BCUT2D eigenvalue weighted by Crippen LogP contribution is 2.22. The second-order valence-corrected chi connectivity index (χ2v) is 4.66. The first-order chi connectivity index (χ1) is 8.81. The van der Waals surface area contributed by atoms with Crippen LogP contribution in [0.25, 0.3) is 0 Å². The van der Waals surface area contributed by atoms with Crippen LogP contribution in [0.2, 0.25) is 0 Å². The standard InChI is InChI=1S/C15H26N2O/c1-4-6-7-8-15(17-9-5-2)13-10-14(18-3)12-16-11-13/h10-12,15,17H,4-9H2,1-3H3. The molecular weight excluding hydrogens is 224 g/mol. The number of nitrogens with one attached hydrogen (secondary N) is 1. The molecule has 102 valence electrons. The molecule has 0 radical (unpaired) electrons. The lowest BCUT2D eigenvalue weighted by Crippen LogP contribution is -2.22. The molecule has 0 spiro atoms. The number of pyridine rings is 1. The summed E-state index contributed by atoms with van der Waals surface area (Å²) in [7, 11) is 1.69. The van der Waals surface area contributed by atoms with Crippen LogP contribution in [0.1, 0.15) is 57.6 Å². The van der Waals surface area contributed by atoms with Crippen molar-refractivity contribution in [3.8, 4) is 5.75 Å². The van der Waals surface area contributed by atoms with Crippen molar-refractivity contribution in [3.63, 3.8) is 0 Å². The Kier molecular flexibility index (Phi) is 7.42. The molecule has 1 aromatic rings. The van der Waals surface area contributed by atoms with Gasteiger partial charge in [0.2, 0.25) is 0 Å². The Bertz CT molecular complexity index is 328.